The number of carbonyl (C=O) groups is 1. The van der Waals surface area contributed by atoms with Crippen molar-refractivity contribution >= 4 is 11.8 Å². The Morgan fingerprint density at radius 2 is 2.38 bits per heavy atom. The molecule has 0 aliphatic carbocycles. The van der Waals surface area contributed by atoms with Crippen LogP contribution in [-0.4, -0.2) is 20.7 Å². The molecule has 0 bridgehead atoms. The minimum Gasteiger partial charge on any atom is -0.548 e. The molecule has 0 aromatic carbocycles. The fourth-order valence-corrected chi connectivity index (χ4v) is 0.864. The lowest BCUT2D eigenvalue weighted by Gasteiger charge is -1.98. The van der Waals surface area contributed by atoms with Gasteiger partial charge in [0.25, 0.3) is 0 Å². The highest BCUT2D eigenvalue weighted by atomic mass is 16.6. The summed E-state index contributed by atoms with van der Waals surface area (Å²) in [5, 5.41) is 23.8. The van der Waals surface area contributed by atoms with E-state index in [0.717, 1.165) is 4.68 Å². The van der Waals surface area contributed by atoms with Crippen molar-refractivity contribution in [1.29, 1.82) is 0 Å². The molecule has 0 spiro atoms. The number of nitro groups is 1. The average Bonchev–Trinajstić information content (AvgIpc) is 2.31. The molecule has 1 heterocycles. The van der Waals surface area contributed by atoms with Crippen LogP contribution in [0.2, 0.25) is 0 Å². The predicted octanol–water partition coefficient (Wildman–Crippen LogP) is -1.15. The number of aromatic nitrogens is 2. The fraction of sp³-hybridized carbons (Fsp3) is 0.333. The van der Waals surface area contributed by atoms with E-state index in [-0.39, 0.29) is 5.82 Å². The normalized spacial score (nSPS) is 9.92. The number of aliphatic carboxylic acids is 1. The first kappa shape index (κ1) is 9.17. The van der Waals surface area contributed by atoms with Crippen molar-refractivity contribution in [2.75, 3.05) is 0 Å². The van der Waals surface area contributed by atoms with E-state index in [1.54, 1.807) is 0 Å². The van der Waals surface area contributed by atoms with Crippen LogP contribution in [0.25, 0.3) is 0 Å². The second-order valence-corrected chi connectivity index (χ2v) is 2.43. The van der Waals surface area contributed by atoms with E-state index < -0.39 is 17.4 Å². The molecule has 0 aliphatic rings. The Hall–Kier alpha value is -1.92. The summed E-state index contributed by atoms with van der Waals surface area (Å²) in [5.74, 6) is -1.69. The summed E-state index contributed by atoms with van der Waals surface area (Å²) in [5.41, 5.74) is 0.413. The van der Waals surface area contributed by atoms with Crippen LogP contribution in [0.3, 0.4) is 0 Å². The third kappa shape index (κ3) is 2.01. The maximum absolute atomic E-state index is 10.2. The third-order valence-corrected chi connectivity index (χ3v) is 1.43. The number of aryl methyl sites for hydroxylation is 1. The number of carboxylic acids is 1. The number of hydrogen-bond donors (Lipinski definition) is 0. The maximum Gasteiger partial charge on any atom is 0.390 e. The Bertz CT molecular complexity index is 357. The van der Waals surface area contributed by atoms with Gasteiger partial charge in [0.05, 0.1) is 22.8 Å². The van der Waals surface area contributed by atoms with Crippen molar-refractivity contribution in [2.45, 2.75) is 13.5 Å². The highest BCUT2D eigenvalue weighted by molar-refractivity contribution is 5.64. The first-order chi connectivity index (χ1) is 6.00. The van der Waals surface area contributed by atoms with E-state index in [2.05, 4.69) is 5.10 Å². The van der Waals surface area contributed by atoms with Gasteiger partial charge in [0.2, 0.25) is 0 Å². The maximum atomic E-state index is 10.2. The van der Waals surface area contributed by atoms with Gasteiger partial charge >= 0.3 is 5.82 Å². The number of carbonyl (C=O) groups excluding carboxylic acids is 1. The van der Waals surface area contributed by atoms with Crippen LogP contribution < -0.4 is 5.11 Å². The summed E-state index contributed by atoms with van der Waals surface area (Å²) < 4.78 is 1.01. The molecule has 0 saturated heterocycles. The Morgan fingerprint density at radius 1 is 1.77 bits per heavy atom. The zero-order chi connectivity index (χ0) is 10.0. The van der Waals surface area contributed by atoms with E-state index in [1.807, 2.05) is 0 Å². The smallest absolute Gasteiger partial charge is 0.390 e. The molecular formula is C6H6N3O4-. The molecule has 0 amide bonds. The van der Waals surface area contributed by atoms with Crippen molar-refractivity contribution in [2.24, 2.45) is 0 Å². The summed E-state index contributed by atoms with van der Waals surface area (Å²) >= 11 is 0. The monoisotopic (exact) mass is 184 g/mol. The molecule has 1 aromatic heterocycles. The van der Waals surface area contributed by atoms with Gasteiger partial charge in [0, 0.05) is 0 Å². The second kappa shape index (κ2) is 3.21. The molecular weight excluding hydrogens is 178 g/mol. The Morgan fingerprint density at radius 3 is 2.77 bits per heavy atom. The minimum atomic E-state index is -1.33. The van der Waals surface area contributed by atoms with Crippen LogP contribution in [0, 0.1) is 17.0 Å². The van der Waals surface area contributed by atoms with Crippen LogP contribution >= 0.6 is 0 Å². The Balaban J connectivity index is 2.96. The molecule has 7 heteroatoms. The molecule has 1 rings (SSSR count). The summed E-state index contributed by atoms with van der Waals surface area (Å²) in [6.07, 6.45) is 0. The van der Waals surface area contributed by atoms with E-state index in [0.29, 0.717) is 5.69 Å². The Labute approximate surface area is 72.7 Å². The second-order valence-electron chi connectivity index (χ2n) is 2.43. The summed E-state index contributed by atoms with van der Waals surface area (Å²) in [6, 6.07) is 1.20. The quantitative estimate of drug-likeness (QED) is 0.436. The molecule has 70 valence electrons. The summed E-state index contributed by atoms with van der Waals surface area (Å²) in [4.78, 5) is 19.7. The molecule has 0 atom stereocenters. The van der Waals surface area contributed by atoms with Crippen LogP contribution in [-0.2, 0) is 11.3 Å². The topological polar surface area (TPSA) is 101 Å². The van der Waals surface area contributed by atoms with E-state index >= 15 is 0 Å². The number of nitrogens with zero attached hydrogens (tertiary/aromatic N) is 3. The standard InChI is InChI=1S/C6H7N3O4/c1-4-2-5(9(12)13)7-8(4)3-6(10)11/h2H,3H2,1H3,(H,10,11)/p-1. The third-order valence-electron chi connectivity index (χ3n) is 1.43. The van der Waals surface area contributed by atoms with Crippen LogP contribution in [0.1, 0.15) is 5.69 Å². The molecule has 13 heavy (non-hydrogen) atoms. The highest BCUT2D eigenvalue weighted by Gasteiger charge is 2.14. The van der Waals surface area contributed by atoms with Gasteiger partial charge in [0.15, 0.2) is 0 Å². The summed E-state index contributed by atoms with van der Waals surface area (Å²) in [6.45, 7) is 1.06. The van der Waals surface area contributed by atoms with Gasteiger partial charge in [-0.2, -0.15) is 4.68 Å². The van der Waals surface area contributed by atoms with Gasteiger partial charge < -0.3 is 20.0 Å². The lowest BCUT2D eigenvalue weighted by Crippen LogP contribution is -2.28. The van der Waals surface area contributed by atoms with E-state index in [1.165, 1.54) is 13.0 Å². The van der Waals surface area contributed by atoms with Crippen LogP contribution in [0.15, 0.2) is 6.07 Å². The molecule has 7 nitrogen and oxygen atoms in total. The molecule has 0 aliphatic heterocycles. The van der Waals surface area contributed by atoms with E-state index in [9.17, 15) is 20.0 Å². The number of carboxylic acid groups (broad SMARTS) is 1. The van der Waals surface area contributed by atoms with Gasteiger partial charge in [-0.1, -0.05) is 0 Å². The van der Waals surface area contributed by atoms with Crippen molar-refractivity contribution in [1.82, 2.24) is 9.78 Å². The highest BCUT2D eigenvalue weighted by Crippen LogP contribution is 2.09. The lowest BCUT2D eigenvalue weighted by molar-refractivity contribution is -0.389. The average molecular weight is 184 g/mol. The molecule has 0 N–H and O–H groups in total. The fourth-order valence-electron chi connectivity index (χ4n) is 0.864. The number of hydrogen-bond acceptors (Lipinski definition) is 5. The largest absolute Gasteiger partial charge is 0.548 e. The molecule has 0 radical (unpaired) electrons. The molecule has 0 saturated carbocycles. The SMILES string of the molecule is Cc1cc([N+](=O)[O-])nn1CC(=O)[O-]. The van der Waals surface area contributed by atoms with Gasteiger partial charge in [-0.3, -0.25) is 0 Å². The van der Waals surface area contributed by atoms with Crippen LogP contribution in [0.4, 0.5) is 5.82 Å². The first-order valence-electron chi connectivity index (χ1n) is 3.39. The predicted molar refractivity (Wildman–Crippen MR) is 38.6 cm³/mol. The van der Waals surface area contributed by atoms with Crippen molar-refractivity contribution < 1.29 is 14.8 Å². The molecule has 0 fully saturated rings. The lowest BCUT2D eigenvalue weighted by atomic mass is 10.4. The van der Waals surface area contributed by atoms with Crippen molar-refractivity contribution in [3.63, 3.8) is 0 Å². The molecule has 1 aromatic rings. The number of rotatable bonds is 3. The van der Waals surface area contributed by atoms with Gasteiger partial charge in [-0.15, -0.1) is 0 Å². The van der Waals surface area contributed by atoms with Gasteiger partial charge in [-0.25, -0.2) is 0 Å². The molecule has 0 unspecified atom stereocenters. The van der Waals surface area contributed by atoms with Gasteiger partial charge in [0.1, 0.15) is 6.54 Å². The first-order valence-corrected chi connectivity index (χ1v) is 3.39. The van der Waals surface area contributed by atoms with Crippen LogP contribution in [0.5, 0.6) is 0 Å². The summed E-state index contributed by atoms with van der Waals surface area (Å²) in [7, 11) is 0. The van der Waals surface area contributed by atoms with Crippen molar-refractivity contribution in [3.8, 4) is 0 Å². The Kier molecular flexibility index (Phi) is 2.27. The zero-order valence-electron chi connectivity index (χ0n) is 6.76. The zero-order valence-corrected chi connectivity index (χ0v) is 6.76. The van der Waals surface area contributed by atoms with E-state index in [4.69, 9.17) is 0 Å². The van der Waals surface area contributed by atoms with Gasteiger partial charge in [-0.05, 0) is 11.8 Å². The van der Waals surface area contributed by atoms with Crippen molar-refractivity contribution in [3.05, 3.63) is 21.9 Å². The minimum absolute atomic E-state index is 0.362.